The first-order valence-electron chi connectivity index (χ1n) is 4.23. The van der Waals surface area contributed by atoms with Crippen molar-refractivity contribution in [2.24, 2.45) is 0 Å². The maximum absolute atomic E-state index is 5.55. The Bertz CT molecular complexity index is 92.1. The number of hydrogen-bond acceptors (Lipinski definition) is 3. The Morgan fingerprint density at radius 1 is 1.45 bits per heavy atom. The van der Waals surface area contributed by atoms with E-state index in [1.165, 1.54) is 0 Å². The van der Waals surface area contributed by atoms with E-state index in [2.05, 4.69) is 12.6 Å². The van der Waals surface area contributed by atoms with E-state index in [0.717, 1.165) is 44.8 Å². The van der Waals surface area contributed by atoms with Crippen LogP contribution < -0.4 is 0 Å². The Morgan fingerprint density at radius 3 is 3.00 bits per heavy atom. The molecule has 3 heteroatoms. The molecule has 1 aliphatic rings. The van der Waals surface area contributed by atoms with Gasteiger partial charge in [0.1, 0.15) is 0 Å². The van der Waals surface area contributed by atoms with Crippen molar-refractivity contribution in [3.63, 3.8) is 0 Å². The van der Waals surface area contributed by atoms with Crippen LogP contribution in [0.4, 0.5) is 0 Å². The average Bonchev–Trinajstić information content (AvgIpc) is 2.50. The molecule has 0 aliphatic carbocycles. The van der Waals surface area contributed by atoms with Crippen LogP contribution in [0.25, 0.3) is 0 Å². The van der Waals surface area contributed by atoms with Gasteiger partial charge in [0.15, 0.2) is 0 Å². The van der Waals surface area contributed by atoms with Crippen molar-refractivity contribution in [3.8, 4) is 0 Å². The molecule has 1 saturated heterocycles. The van der Waals surface area contributed by atoms with Gasteiger partial charge in [-0.3, -0.25) is 0 Å². The summed E-state index contributed by atoms with van der Waals surface area (Å²) >= 11 is 4.12. The Kier molecular flexibility index (Phi) is 4.99. The fourth-order valence-electron chi connectivity index (χ4n) is 1.11. The van der Waals surface area contributed by atoms with Gasteiger partial charge in [-0.05, 0) is 25.0 Å². The maximum Gasteiger partial charge on any atom is 0.0830 e. The Hall–Kier alpha value is 0.270. The molecule has 0 spiro atoms. The molecule has 1 fully saturated rings. The molecule has 0 aromatic carbocycles. The molecule has 0 radical (unpaired) electrons. The summed E-state index contributed by atoms with van der Waals surface area (Å²) in [5.41, 5.74) is 0. The van der Waals surface area contributed by atoms with Gasteiger partial charge in [0, 0.05) is 13.2 Å². The zero-order valence-electron chi connectivity index (χ0n) is 6.79. The third-order valence-corrected chi connectivity index (χ3v) is 2.11. The number of thiol groups is 1. The van der Waals surface area contributed by atoms with Crippen LogP contribution in [-0.2, 0) is 9.47 Å². The van der Waals surface area contributed by atoms with E-state index in [4.69, 9.17) is 9.47 Å². The van der Waals surface area contributed by atoms with Crippen molar-refractivity contribution in [2.75, 3.05) is 25.6 Å². The predicted molar refractivity (Wildman–Crippen MR) is 48.3 cm³/mol. The van der Waals surface area contributed by atoms with E-state index in [0.29, 0.717) is 6.10 Å². The van der Waals surface area contributed by atoms with Crippen molar-refractivity contribution in [1.82, 2.24) is 0 Å². The lowest BCUT2D eigenvalue weighted by Crippen LogP contribution is -2.12. The molecule has 1 atom stereocenters. The second kappa shape index (κ2) is 5.86. The van der Waals surface area contributed by atoms with E-state index in [1.54, 1.807) is 0 Å². The minimum absolute atomic E-state index is 0.370. The lowest BCUT2D eigenvalue weighted by molar-refractivity contribution is 0.0414. The predicted octanol–water partition coefficient (Wildman–Crippen LogP) is 1.50. The topological polar surface area (TPSA) is 18.5 Å². The molecular formula is C8H16O2S. The van der Waals surface area contributed by atoms with Gasteiger partial charge in [-0.2, -0.15) is 12.6 Å². The van der Waals surface area contributed by atoms with Crippen LogP contribution in [0.15, 0.2) is 0 Å². The van der Waals surface area contributed by atoms with Crippen molar-refractivity contribution in [1.29, 1.82) is 0 Å². The van der Waals surface area contributed by atoms with Crippen LogP contribution in [0.1, 0.15) is 19.3 Å². The maximum atomic E-state index is 5.55. The van der Waals surface area contributed by atoms with Crippen molar-refractivity contribution in [3.05, 3.63) is 0 Å². The standard InChI is InChI=1S/C8H16O2S/c11-6-2-1-4-10-8-3-5-9-7-8/h8,11H,1-7H2. The van der Waals surface area contributed by atoms with Crippen LogP contribution >= 0.6 is 12.6 Å². The molecule has 11 heavy (non-hydrogen) atoms. The molecule has 1 unspecified atom stereocenters. The van der Waals surface area contributed by atoms with Gasteiger partial charge in [-0.1, -0.05) is 0 Å². The molecule has 2 nitrogen and oxygen atoms in total. The van der Waals surface area contributed by atoms with E-state index in [-0.39, 0.29) is 0 Å². The van der Waals surface area contributed by atoms with Crippen LogP contribution in [-0.4, -0.2) is 31.7 Å². The zero-order valence-corrected chi connectivity index (χ0v) is 7.69. The summed E-state index contributed by atoms with van der Waals surface area (Å²) in [6.45, 7) is 2.53. The Morgan fingerprint density at radius 2 is 2.36 bits per heavy atom. The SMILES string of the molecule is SCCCCOC1CCOC1. The number of hydrogen-bond donors (Lipinski definition) is 1. The van der Waals surface area contributed by atoms with E-state index in [9.17, 15) is 0 Å². The molecule has 0 aromatic heterocycles. The van der Waals surface area contributed by atoms with E-state index in [1.807, 2.05) is 0 Å². The second-order valence-electron chi connectivity index (χ2n) is 2.79. The Balaban J connectivity index is 1.86. The largest absolute Gasteiger partial charge is 0.379 e. The van der Waals surface area contributed by atoms with Crippen LogP contribution in [0.5, 0.6) is 0 Å². The highest BCUT2D eigenvalue weighted by Gasteiger charge is 2.14. The third-order valence-electron chi connectivity index (χ3n) is 1.79. The smallest absolute Gasteiger partial charge is 0.0830 e. The van der Waals surface area contributed by atoms with Gasteiger partial charge in [0.05, 0.1) is 12.7 Å². The summed E-state index contributed by atoms with van der Waals surface area (Å²) < 4.78 is 10.7. The highest BCUT2D eigenvalue weighted by atomic mass is 32.1. The monoisotopic (exact) mass is 176 g/mol. The normalized spacial score (nSPS) is 24.3. The second-order valence-corrected chi connectivity index (χ2v) is 3.23. The quantitative estimate of drug-likeness (QED) is 0.505. The summed E-state index contributed by atoms with van der Waals surface area (Å²) in [4.78, 5) is 0. The molecule has 1 heterocycles. The molecule has 0 saturated carbocycles. The summed E-state index contributed by atoms with van der Waals surface area (Å²) in [7, 11) is 0. The Labute approximate surface area is 73.7 Å². The number of unbranched alkanes of at least 4 members (excludes halogenated alkanes) is 1. The summed E-state index contributed by atoms with van der Waals surface area (Å²) in [5, 5.41) is 0. The number of rotatable bonds is 5. The summed E-state index contributed by atoms with van der Waals surface area (Å²) in [6, 6.07) is 0. The van der Waals surface area contributed by atoms with Crippen LogP contribution in [0, 0.1) is 0 Å². The van der Waals surface area contributed by atoms with Crippen LogP contribution in [0.3, 0.4) is 0 Å². The van der Waals surface area contributed by atoms with Gasteiger partial charge >= 0.3 is 0 Å². The van der Waals surface area contributed by atoms with E-state index >= 15 is 0 Å². The van der Waals surface area contributed by atoms with Gasteiger partial charge in [-0.15, -0.1) is 0 Å². The van der Waals surface area contributed by atoms with Gasteiger partial charge in [-0.25, -0.2) is 0 Å². The molecular weight excluding hydrogens is 160 g/mol. The fourth-order valence-corrected chi connectivity index (χ4v) is 1.33. The average molecular weight is 176 g/mol. The lowest BCUT2D eigenvalue weighted by atomic mass is 10.3. The zero-order chi connectivity index (χ0) is 7.94. The van der Waals surface area contributed by atoms with Crippen LogP contribution in [0.2, 0.25) is 0 Å². The van der Waals surface area contributed by atoms with Crippen molar-refractivity contribution < 1.29 is 9.47 Å². The lowest BCUT2D eigenvalue weighted by Gasteiger charge is -2.08. The molecule has 66 valence electrons. The van der Waals surface area contributed by atoms with Gasteiger partial charge in [0.25, 0.3) is 0 Å². The van der Waals surface area contributed by atoms with Gasteiger partial charge < -0.3 is 9.47 Å². The molecule has 0 bridgehead atoms. The first kappa shape index (κ1) is 9.36. The molecule has 0 aromatic rings. The first-order valence-corrected chi connectivity index (χ1v) is 4.87. The summed E-state index contributed by atoms with van der Waals surface area (Å²) in [6.07, 6.45) is 3.72. The first-order chi connectivity index (χ1) is 5.43. The molecule has 1 aliphatic heterocycles. The minimum Gasteiger partial charge on any atom is -0.379 e. The number of ether oxygens (including phenoxy) is 2. The third kappa shape index (κ3) is 3.99. The molecule has 1 rings (SSSR count). The molecule has 0 N–H and O–H groups in total. The minimum atomic E-state index is 0.370. The highest BCUT2D eigenvalue weighted by molar-refractivity contribution is 7.80. The van der Waals surface area contributed by atoms with Crippen molar-refractivity contribution in [2.45, 2.75) is 25.4 Å². The van der Waals surface area contributed by atoms with Crippen molar-refractivity contribution >= 4 is 12.6 Å². The molecule has 0 amide bonds. The highest BCUT2D eigenvalue weighted by Crippen LogP contribution is 2.08. The van der Waals surface area contributed by atoms with Gasteiger partial charge in [0.2, 0.25) is 0 Å². The fraction of sp³-hybridized carbons (Fsp3) is 1.00. The summed E-state index contributed by atoms with van der Waals surface area (Å²) in [5.74, 6) is 0.963. The van der Waals surface area contributed by atoms with E-state index < -0.39 is 0 Å².